The van der Waals surface area contributed by atoms with Crippen LogP contribution in [0.1, 0.15) is 36.5 Å². The third-order valence-corrected chi connectivity index (χ3v) is 2.68. The first-order valence-corrected chi connectivity index (χ1v) is 6.09. The van der Waals surface area contributed by atoms with E-state index in [0.29, 0.717) is 12.2 Å². The van der Waals surface area contributed by atoms with Crippen LogP contribution in [-0.4, -0.2) is 42.6 Å². The van der Waals surface area contributed by atoms with Crippen LogP contribution >= 0.6 is 0 Å². The second kappa shape index (κ2) is 7.06. The number of carbonyl (C=O) groups is 1. The molecule has 1 N–H and O–H groups in total. The van der Waals surface area contributed by atoms with Gasteiger partial charge in [0, 0.05) is 19.0 Å². The predicted octanol–water partition coefficient (Wildman–Crippen LogP) is 1.31. The van der Waals surface area contributed by atoms with Gasteiger partial charge in [-0.2, -0.15) is 0 Å². The number of aryl methyl sites for hydroxylation is 1. The van der Waals surface area contributed by atoms with Gasteiger partial charge in [0.15, 0.2) is 5.69 Å². The summed E-state index contributed by atoms with van der Waals surface area (Å²) in [4.78, 5) is 13.8. The Labute approximate surface area is 102 Å². The van der Waals surface area contributed by atoms with Crippen LogP contribution < -0.4 is 5.32 Å². The number of hydrogen-bond donors (Lipinski definition) is 1. The van der Waals surface area contributed by atoms with Crippen LogP contribution in [0.25, 0.3) is 0 Å². The van der Waals surface area contributed by atoms with E-state index in [1.165, 1.54) is 0 Å². The zero-order chi connectivity index (χ0) is 12.7. The first kappa shape index (κ1) is 13.7. The van der Waals surface area contributed by atoms with E-state index in [2.05, 4.69) is 29.3 Å². The number of aromatic nitrogens is 1. The second-order valence-electron chi connectivity index (χ2n) is 4.04. The Balaban J connectivity index is 2.25. The van der Waals surface area contributed by atoms with Gasteiger partial charge < -0.3 is 14.7 Å². The molecule has 1 aromatic rings. The SMILES string of the molecule is CCc1cc(C(=O)NCCCN(C)CC)no1. The molecule has 1 heterocycles. The van der Waals surface area contributed by atoms with Gasteiger partial charge in [-0.1, -0.05) is 19.0 Å². The van der Waals surface area contributed by atoms with Crippen LogP contribution in [0.5, 0.6) is 0 Å². The molecule has 0 bridgehead atoms. The highest BCUT2D eigenvalue weighted by Crippen LogP contribution is 2.03. The Morgan fingerprint density at radius 3 is 2.88 bits per heavy atom. The highest BCUT2D eigenvalue weighted by atomic mass is 16.5. The fraction of sp³-hybridized carbons (Fsp3) is 0.667. The van der Waals surface area contributed by atoms with Crippen LogP contribution in [0, 0.1) is 0 Å². The summed E-state index contributed by atoms with van der Waals surface area (Å²) in [5.74, 6) is 0.577. The topological polar surface area (TPSA) is 58.4 Å². The minimum Gasteiger partial charge on any atom is -0.361 e. The summed E-state index contributed by atoms with van der Waals surface area (Å²) in [5, 5.41) is 6.55. The molecular weight excluding hydrogens is 218 g/mol. The van der Waals surface area contributed by atoms with Crippen molar-refractivity contribution in [2.24, 2.45) is 0 Å². The maximum absolute atomic E-state index is 11.6. The molecular formula is C12H21N3O2. The molecule has 17 heavy (non-hydrogen) atoms. The molecule has 0 aliphatic carbocycles. The van der Waals surface area contributed by atoms with Gasteiger partial charge in [-0.15, -0.1) is 0 Å². The summed E-state index contributed by atoms with van der Waals surface area (Å²) in [6.45, 7) is 6.74. The van der Waals surface area contributed by atoms with E-state index >= 15 is 0 Å². The summed E-state index contributed by atoms with van der Waals surface area (Å²) in [6, 6.07) is 1.69. The third kappa shape index (κ3) is 4.56. The molecule has 0 unspecified atom stereocenters. The Kier molecular flexibility index (Phi) is 5.69. The van der Waals surface area contributed by atoms with Crippen LogP contribution in [-0.2, 0) is 6.42 Å². The van der Waals surface area contributed by atoms with Gasteiger partial charge in [-0.25, -0.2) is 0 Å². The maximum atomic E-state index is 11.6. The molecule has 1 amide bonds. The molecule has 96 valence electrons. The summed E-state index contributed by atoms with van der Waals surface area (Å²) in [5.41, 5.74) is 0.366. The predicted molar refractivity (Wildman–Crippen MR) is 66.0 cm³/mol. The average molecular weight is 239 g/mol. The van der Waals surface area contributed by atoms with Crippen molar-refractivity contribution in [3.8, 4) is 0 Å². The van der Waals surface area contributed by atoms with Crippen molar-refractivity contribution in [2.75, 3.05) is 26.7 Å². The monoisotopic (exact) mass is 239 g/mol. The van der Waals surface area contributed by atoms with E-state index in [-0.39, 0.29) is 5.91 Å². The molecule has 0 saturated heterocycles. The van der Waals surface area contributed by atoms with Crippen molar-refractivity contribution >= 4 is 5.91 Å². The second-order valence-corrected chi connectivity index (χ2v) is 4.04. The normalized spacial score (nSPS) is 10.8. The van der Waals surface area contributed by atoms with Crippen molar-refractivity contribution < 1.29 is 9.32 Å². The van der Waals surface area contributed by atoms with Crippen LogP contribution in [0.15, 0.2) is 10.6 Å². The minimum absolute atomic E-state index is 0.160. The summed E-state index contributed by atoms with van der Waals surface area (Å²) >= 11 is 0. The lowest BCUT2D eigenvalue weighted by atomic mass is 10.3. The summed E-state index contributed by atoms with van der Waals surface area (Å²) < 4.78 is 4.98. The quantitative estimate of drug-likeness (QED) is 0.729. The standard InChI is InChI=1S/C12H21N3O2/c1-4-10-9-11(14-17-10)12(16)13-7-6-8-15(3)5-2/h9H,4-8H2,1-3H3,(H,13,16). The van der Waals surface area contributed by atoms with Gasteiger partial charge in [0.2, 0.25) is 0 Å². The molecule has 0 radical (unpaired) electrons. The number of carbonyl (C=O) groups excluding carboxylic acids is 1. The van der Waals surface area contributed by atoms with Gasteiger partial charge in [0.25, 0.3) is 5.91 Å². The largest absolute Gasteiger partial charge is 0.361 e. The van der Waals surface area contributed by atoms with Gasteiger partial charge in [0.05, 0.1) is 0 Å². The fourth-order valence-electron chi connectivity index (χ4n) is 1.39. The van der Waals surface area contributed by atoms with Crippen LogP contribution in [0.4, 0.5) is 0 Å². The molecule has 0 saturated carbocycles. The lowest BCUT2D eigenvalue weighted by molar-refractivity contribution is 0.0943. The zero-order valence-corrected chi connectivity index (χ0v) is 10.8. The minimum atomic E-state index is -0.160. The number of hydrogen-bond acceptors (Lipinski definition) is 4. The van der Waals surface area contributed by atoms with E-state index in [4.69, 9.17) is 4.52 Å². The molecule has 0 fully saturated rings. The highest BCUT2D eigenvalue weighted by Gasteiger charge is 2.10. The lowest BCUT2D eigenvalue weighted by Crippen LogP contribution is -2.28. The van der Waals surface area contributed by atoms with Crippen molar-refractivity contribution in [1.82, 2.24) is 15.4 Å². The highest BCUT2D eigenvalue weighted by molar-refractivity contribution is 5.92. The molecule has 0 aliphatic heterocycles. The van der Waals surface area contributed by atoms with Crippen LogP contribution in [0.3, 0.4) is 0 Å². The molecule has 0 aromatic carbocycles. The smallest absolute Gasteiger partial charge is 0.273 e. The Bertz CT molecular complexity index is 349. The first-order valence-electron chi connectivity index (χ1n) is 6.09. The molecule has 5 heteroatoms. The first-order chi connectivity index (χ1) is 8.17. The van der Waals surface area contributed by atoms with E-state index in [1.807, 2.05) is 6.92 Å². The molecule has 1 rings (SSSR count). The fourth-order valence-corrected chi connectivity index (χ4v) is 1.39. The molecule has 0 aliphatic rings. The summed E-state index contributed by atoms with van der Waals surface area (Å²) in [7, 11) is 2.06. The van der Waals surface area contributed by atoms with Gasteiger partial charge >= 0.3 is 0 Å². The molecule has 0 spiro atoms. The number of rotatable bonds is 7. The van der Waals surface area contributed by atoms with Gasteiger partial charge in [-0.05, 0) is 26.6 Å². The van der Waals surface area contributed by atoms with E-state index in [0.717, 1.165) is 31.7 Å². The Hall–Kier alpha value is -1.36. The number of amides is 1. The van der Waals surface area contributed by atoms with Crippen LogP contribution in [0.2, 0.25) is 0 Å². The molecule has 0 atom stereocenters. The molecule has 5 nitrogen and oxygen atoms in total. The Morgan fingerprint density at radius 2 is 2.29 bits per heavy atom. The van der Waals surface area contributed by atoms with E-state index in [1.54, 1.807) is 6.07 Å². The van der Waals surface area contributed by atoms with Crippen molar-refractivity contribution in [2.45, 2.75) is 26.7 Å². The van der Waals surface area contributed by atoms with Gasteiger partial charge in [0.1, 0.15) is 5.76 Å². The average Bonchev–Trinajstić information content (AvgIpc) is 2.82. The van der Waals surface area contributed by atoms with Crippen molar-refractivity contribution in [1.29, 1.82) is 0 Å². The number of nitrogens with one attached hydrogen (secondary N) is 1. The van der Waals surface area contributed by atoms with E-state index < -0.39 is 0 Å². The van der Waals surface area contributed by atoms with Crippen molar-refractivity contribution in [3.63, 3.8) is 0 Å². The van der Waals surface area contributed by atoms with E-state index in [9.17, 15) is 4.79 Å². The number of nitrogens with zero attached hydrogens (tertiary/aromatic N) is 2. The summed E-state index contributed by atoms with van der Waals surface area (Å²) in [6.07, 6.45) is 1.69. The van der Waals surface area contributed by atoms with Gasteiger partial charge in [-0.3, -0.25) is 4.79 Å². The molecule has 1 aromatic heterocycles. The maximum Gasteiger partial charge on any atom is 0.273 e. The zero-order valence-electron chi connectivity index (χ0n) is 10.8. The lowest BCUT2D eigenvalue weighted by Gasteiger charge is -2.13. The third-order valence-electron chi connectivity index (χ3n) is 2.68. The van der Waals surface area contributed by atoms with Crippen molar-refractivity contribution in [3.05, 3.63) is 17.5 Å². The Morgan fingerprint density at radius 1 is 1.53 bits per heavy atom.